The van der Waals surface area contributed by atoms with Gasteiger partial charge in [0.1, 0.15) is 11.3 Å². The number of nitrogens with zero attached hydrogens (tertiary/aromatic N) is 2. The maximum atomic E-state index is 11.0. The van der Waals surface area contributed by atoms with Crippen molar-refractivity contribution < 1.29 is 19.6 Å². The molecule has 7 nitrogen and oxygen atoms in total. The van der Waals surface area contributed by atoms with Crippen LogP contribution in [0.4, 0.5) is 5.69 Å². The number of pyridine rings is 1. The molecule has 1 N–H and O–H groups in total. The number of non-ortho nitro benzene ring substituents is 1. The number of hydrogen-bond acceptors (Lipinski definition) is 5. The van der Waals surface area contributed by atoms with Crippen molar-refractivity contribution in [2.45, 2.75) is 0 Å². The summed E-state index contributed by atoms with van der Waals surface area (Å²) in [7, 11) is 0. The number of hydrogen-bond donors (Lipinski definition) is 1. The first-order valence-corrected chi connectivity index (χ1v) is 6.14. The van der Waals surface area contributed by atoms with Gasteiger partial charge in [0.2, 0.25) is 0 Å². The van der Waals surface area contributed by atoms with Crippen LogP contribution in [0.2, 0.25) is 10.0 Å². The van der Waals surface area contributed by atoms with E-state index in [1.807, 2.05) is 0 Å². The predicted molar refractivity (Wildman–Crippen MR) is 74.4 cm³/mol. The molecule has 2 rings (SSSR count). The number of nitro benzene ring substituents is 1. The van der Waals surface area contributed by atoms with Crippen molar-refractivity contribution in [2.24, 2.45) is 0 Å². The molecule has 2 aromatic rings. The lowest BCUT2D eigenvalue weighted by atomic mass is 10.2. The van der Waals surface area contributed by atoms with Crippen molar-refractivity contribution in [2.75, 3.05) is 0 Å². The second-order valence-electron chi connectivity index (χ2n) is 3.77. The largest absolute Gasteiger partial charge is 0.477 e. The minimum absolute atomic E-state index is 0.0323. The molecule has 0 atom stereocenters. The van der Waals surface area contributed by atoms with Crippen molar-refractivity contribution in [3.63, 3.8) is 0 Å². The fourth-order valence-electron chi connectivity index (χ4n) is 1.49. The number of carbonyl (C=O) groups is 1. The Labute approximate surface area is 127 Å². The third-order valence-corrected chi connectivity index (χ3v) is 2.98. The summed E-state index contributed by atoms with van der Waals surface area (Å²) < 4.78 is 5.36. The van der Waals surface area contributed by atoms with Crippen LogP contribution >= 0.6 is 23.2 Å². The molecule has 0 saturated heterocycles. The van der Waals surface area contributed by atoms with Gasteiger partial charge in [-0.25, -0.2) is 4.79 Å². The molecule has 0 spiro atoms. The van der Waals surface area contributed by atoms with Crippen LogP contribution in [-0.2, 0) is 0 Å². The van der Waals surface area contributed by atoms with E-state index in [0.29, 0.717) is 0 Å². The highest BCUT2D eigenvalue weighted by molar-refractivity contribution is 6.37. The summed E-state index contributed by atoms with van der Waals surface area (Å²) in [6, 6.07) is 3.44. The van der Waals surface area contributed by atoms with E-state index >= 15 is 0 Å². The molecule has 0 aliphatic carbocycles. The van der Waals surface area contributed by atoms with Crippen molar-refractivity contribution in [1.29, 1.82) is 0 Å². The molecule has 1 aromatic carbocycles. The molecule has 0 radical (unpaired) electrons. The Morgan fingerprint density at radius 3 is 2.48 bits per heavy atom. The van der Waals surface area contributed by atoms with Gasteiger partial charge in [0.05, 0.1) is 15.0 Å². The van der Waals surface area contributed by atoms with Gasteiger partial charge in [-0.15, -0.1) is 0 Å². The molecule has 108 valence electrons. The molecule has 0 aliphatic heterocycles. The zero-order chi connectivity index (χ0) is 15.6. The minimum Gasteiger partial charge on any atom is -0.477 e. The summed E-state index contributed by atoms with van der Waals surface area (Å²) in [4.78, 5) is 24.7. The number of halogens is 2. The number of aromatic carboxylic acids is 1. The summed E-state index contributed by atoms with van der Waals surface area (Å²) >= 11 is 11.8. The molecule has 0 saturated carbocycles. The zero-order valence-electron chi connectivity index (χ0n) is 10.1. The molecule has 0 bridgehead atoms. The van der Waals surface area contributed by atoms with E-state index in [4.69, 9.17) is 33.0 Å². The third-order valence-electron chi connectivity index (χ3n) is 2.42. The lowest BCUT2D eigenvalue weighted by Crippen LogP contribution is -2.01. The predicted octanol–water partition coefficient (Wildman–Crippen LogP) is 3.79. The van der Waals surface area contributed by atoms with Gasteiger partial charge in [-0.2, -0.15) is 0 Å². The first kappa shape index (κ1) is 15.0. The highest BCUT2D eigenvalue weighted by Gasteiger charge is 2.19. The number of carboxylic acids is 1. The molecule has 0 fully saturated rings. The molecule has 9 heteroatoms. The van der Waals surface area contributed by atoms with Crippen LogP contribution in [0.1, 0.15) is 10.4 Å². The second-order valence-corrected chi connectivity index (χ2v) is 4.59. The zero-order valence-corrected chi connectivity index (χ0v) is 11.6. The van der Waals surface area contributed by atoms with Gasteiger partial charge in [-0.1, -0.05) is 23.2 Å². The van der Waals surface area contributed by atoms with Crippen LogP contribution in [0.3, 0.4) is 0 Å². The molecule has 1 aromatic heterocycles. The van der Waals surface area contributed by atoms with Gasteiger partial charge in [0.25, 0.3) is 5.69 Å². The highest BCUT2D eigenvalue weighted by Crippen LogP contribution is 2.39. The molecular weight excluding hydrogens is 323 g/mol. The van der Waals surface area contributed by atoms with Crippen LogP contribution < -0.4 is 4.74 Å². The second kappa shape index (κ2) is 5.94. The molecule has 0 unspecified atom stereocenters. The first-order valence-electron chi connectivity index (χ1n) is 5.38. The molecule has 0 amide bonds. The maximum absolute atomic E-state index is 11.0. The SMILES string of the molecule is O=C(O)c1cnccc1Oc1c(Cl)cc([N+](=O)[O-])cc1Cl. The van der Waals surface area contributed by atoms with Crippen molar-refractivity contribution in [3.8, 4) is 11.5 Å². The van der Waals surface area contributed by atoms with E-state index in [-0.39, 0.29) is 32.8 Å². The first-order chi connectivity index (χ1) is 9.90. The van der Waals surface area contributed by atoms with Gasteiger partial charge >= 0.3 is 5.97 Å². The summed E-state index contributed by atoms with van der Waals surface area (Å²) in [5.41, 5.74) is -0.492. The number of carboxylic acid groups (broad SMARTS) is 1. The van der Waals surface area contributed by atoms with Crippen LogP contribution in [0.5, 0.6) is 11.5 Å². The smallest absolute Gasteiger partial charge is 0.341 e. The Morgan fingerprint density at radius 1 is 1.33 bits per heavy atom. The summed E-state index contributed by atoms with van der Waals surface area (Å²) in [6.07, 6.45) is 2.43. The van der Waals surface area contributed by atoms with Crippen LogP contribution in [-0.4, -0.2) is 21.0 Å². The number of benzene rings is 1. The monoisotopic (exact) mass is 328 g/mol. The van der Waals surface area contributed by atoms with Gasteiger partial charge in [0, 0.05) is 30.6 Å². The lowest BCUT2D eigenvalue weighted by Gasteiger charge is -2.11. The van der Waals surface area contributed by atoms with Crippen molar-refractivity contribution in [3.05, 3.63) is 56.3 Å². The lowest BCUT2D eigenvalue weighted by molar-refractivity contribution is -0.384. The van der Waals surface area contributed by atoms with Gasteiger partial charge in [0.15, 0.2) is 5.75 Å². The van der Waals surface area contributed by atoms with Crippen LogP contribution in [0, 0.1) is 10.1 Å². The standard InChI is InChI=1S/C12H6Cl2N2O5/c13-8-3-6(16(19)20)4-9(14)11(8)21-10-1-2-15-5-7(10)12(17)18/h1-5H,(H,17,18). The minimum atomic E-state index is -1.24. The summed E-state index contributed by atoms with van der Waals surface area (Å²) in [5.74, 6) is -1.35. The number of nitro groups is 1. The Balaban J connectivity index is 2.46. The summed E-state index contributed by atoms with van der Waals surface area (Å²) in [6.45, 7) is 0. The van der Waals surface area contributed by atoms with E-state index in [2.05, 4.69) is 4.98 Å². The van der Waals surface area contributed by atoms with E-state index < -0.39 is 10.9 Å². The van der Waals surface area contributed by atoms with Crippen molar-refractivity contribution >= 4 is 34.9 Å². The normalized spacial score (nSPS) is 10.2. The van der Waals surface area contributed by atoms with E-state index in [0.717, 1.165) is 18.3 Å². The quantitative estimate of drug-likeness (QED) is 0.676. The van der Waals surface area contributed by atoms with Gasteiger partial charge < -0.3 is 9.84 Å². The third kappa shape index (κ3) is 3.21. The van der Waals surface area contributed by atoms with Crippen LogP contribution in [0.15, 0.2) is 30.6 Å². The summed E-state index contributed by atoms with van der Waals surface area (Å²) in [5, 5.41) is 19.5. The Hall–Kier alpha value is -2.38. The van der Waals surface area contributed by atoms with Gasteiger partial charge in [-0.05, 0) is 0 Å². The molecule has 21 heavy (non-hydrogen) atoms. The topological polar surface area (TPSA) is 103 Å². The average molecular weight is 329 g/mol. The number of rotatable bonds is 4. The number of ether oxygens (including phenoxy) is 1. The number of aromatic nitrogens is 1. The fraction of sp³-hybridized carbons (Fsp3) is 0. The Bertz CT molecular complexity index is 712. The van der Waals surface area contributed by atoms with E-state index in [1.165, 1.54) is 12.3 Å². The van der Waals surface area contributed by atoms with Crippen molar-refractivity contribution in [1.82, 2.24) is 4.98 Å². The Morgan fingerprint density at radius 2 is 1.95 bits per heavy atom. The van der Waals surface area contributed by atoms with E-state index in [1.54, 1.807) is 0 Å². The van der Waals surface area contributed by atoms with E-state index in [9.17, 15) is 14.9 Å². The van der Waals surface area contributed by atoms with Crippen LogP contribution in [0.25, 0.3) is 0 Å². The molecule has 0 aliphatic rings. The average Bonchev–Trinajstić information content (AvgIpc) is 2.42. The maximum Gasteiger partial charge on any atom is 0.341 e. The Kier molecular flexibility index (Phi) is 4.25. The molecular formula is C12H6Cl2N2O5. The highest BCUT2D eigenvalue weighted by atomic mass is 35.5. The molecule has 1 heterocycles. The fourth-order valence-corrected chi connectivity index (χ4v) is 2.04. The van der Waals surface area contributed by atoms with Gasteiger partial charge in [-0.3, -0.25) is 15.1 Å².